The molecular formula is C14H14OS. The molecule has 0 heterocycles. The number of benzene rings is 2. The van der Waals surface area contributed by atoms with Gasteiger partial charge in [-0.05, 0) is 23.3 Å². The minimum atomic E-state index is 0.283. The molecule has 2 rings (SSSR count). The molecule has 2 heteroatoms. The zero-order valence-corrected chi connectivity index (χ0v) is 9.77. The van der Waals surface area contributed by atoms with Crippen molar-refractivity contribution in [1.82, 2.24) is 0 Å². The van der Waals surface area contributed by atoms with Crippen LogP contribution in [0, 0.1) is 0 Å². The summed E-state index contributed by atoms with van der Waals surface area (Å²) in [7, 11) is 0. The predicted molar refractivity (Wildman–Crippen MR) is 70.2 cm³/mol. The second kappa shape index (κ2) is 5.08. The van der Waals surface area contributed by atoms with Crippen LogP contribution in [0.4, 0.5) is 0 Å². The van der Waals surface area contributed by atoms with Crippen molar-refractivity contribution in [3.05, 3.63) is 65.7 Å². The average molecular weight is 230 g/mol. The molecule has 0 spiro atoms. The second-order valence-electron chi connectivity index (χ2n) is 3.74. The van der Waals surface area contributed by atoms with Crippen LogP contribution in [0.15, 0.2) is 54.6 Å². The van der Waals surface area contributed by atoms with Gasteiger partial charge in [-0.3, -0.25) is 0 Å². The van der Waals surface area contributed by atoms with Gasteiger partial charge in [-0.2, -0.15) is 12.6 Å². The van der Waals surface area contributed by atoms with Crippen LogP contribution in [0.1, 0.15) is 17.0 Å². The van der Waals surface area contributed by atoms with Gasteiger partial charge in [0.1, 0.15) is 5.75 Å². The number of thiol groups is 1. The van der Waals surface area contributed by atoms with E-state index in [4.69, 9.17) is 0 Å². The molecule has 82 valence electrons. The van der Waals surface area contributed by atoms with Crippen molar-refractivity contribution in [3.8, 4) is 5.75 Å². The first-order valence-corrected chi connectivity index (χ1v) is 5.89. The molecule has 1 atom stereocenters. The zero-order valence-electron chi connectivity index (χ0n) is 8.88. The number of hydrogen-bond donors (Lipinski definition) is 2. The van der Waals surface area contributed by atoms with Crippen LogP contribution in [-0.4, -0.2) is 10.9 Å². The van der Waals surface area contributed by atoms with Gasteiger partial charge < -0.3 is 5.11 Å². The maximum Gasteiger partial charge on any atom is 0.115 e. The third kappa shape index (κ3) is 2.39. The van der Waals surface area contributed by atoms with E-state index < -0.39 is 0 Å². The molecule has 0 saturated carbocycles. The maximum absolute atomic E-state index is 9.26. The summed E-state index contributed by atoms with van der Waals surface area (Å²) < 4.78 is 0. The van der Waals surface area contributed by atoms with Crippen LogP contribution < -0.4 is 0 Å². The Bertz CT molecular complexity index is 436. The molecular weight excluding hydrogens is 216 g/mol. The lowest BCUT2D eigenvalue weighted by Gasteiger charge is -2.15. The Morgan fingerprint density at radius 2 is 1.44 bits per heavy atom. The van der Waals surface area contributed by atoms with Crippen LogP contribution >= 0.6 is 12.6 Å². The van der Waals surface area contributed by atoms with Crippen molar-refractivity contribution in [2.45, 2.75) is 5.92 Å². The highest BCUT2D eigenvalue weighted by Crippen LogP contribution is 2.26. The van der Waals surface area contributed by atoms with Crippen LogP contribution in [0.3, 0.4) is 0 Å². The van der Waals surface area contributed by atoms with E-state index in [1.165, 1.54) is 11.1 Å². The average Bonchev–Trinajstić information content (AvgIpc) is 2.34. The second-order valence-corrected chi connectivity index (χ2v) is 4.10. The molecule has 0 radical (unpaired) electrons. The summed E-state index contributed by atoms with van der Waals surface area (Å²) in [6.45, 7) is 0. The Morgan fingerprint density at radius 1 is 0.875 bits per heavy atom. The molecule has 1 nitrogen and oxygen atoms in total. The number of rotatable bonds is 3. The summed E-state index contributed by atoms with van der Waals surface area (Å²) in [4.78, 5) is 0. The quantitative estimate of drug-likeness (QED) is 0.774. The number of phenols is 1. The third-order valence-corrected chi connectivity index (χ3v) is 3.05. The topological polar surface area (TPSA) is 20.2 Å². The van der Waals surface area contributed by atoms with Gasteiger partial charge in [-0.1, -0.05) is 42.5 Å². The van der Waals surface area contributed by atoms with Gasteiger partial charge >= 0.3 is 0 Å². The number of hydrogen-bond acceptors (Lipinski definition) is 2. The molecule has 1 N–H and O–H groups in total. The maximum atomic E-state index is 9.26. The van der Waals surface area contributed by atoms with Crippen molar-refractivity contribution in [1.29, 1.82) is 0 Å². The van der Waals surface area contributed by atoms with Gasteiger partial charge in [-0.15, -0.1) is 0 Å². The molecule has 0 aliphatic rings. The van der Waals surface area contributed by atoms with E-state index in [1.54, 1.807) is 12.1 Å². The Kier molecular flexibility index (Phi) is 3.52. The summed E-state index contributed by atoms with van der Waals surface area (Å²) in [5.74, 6) is 1.34. The first-order valence-electron chi connectivity index (χ1n) is 5.26. The zero-order chi connectivity index (χ0) is 11.4. The van der Waals surface area contributed by atoms with Gasteiger partial charge in [0, 0.05) is 11.7 Å². The summed E-state index contributed by atoms with van der Waals surface area (Å²) >= 11 is 4.40. The molecule has 2 aromatic rings. The summed E-state index contributed by atoms with van der Waals surface area (Å²) in [6.07, 6.45) is 0. The number of aromatic hydroxyl groups is 1. The normalized spacial score (nSPS) is 12.3. The van der Waals surface area contributed by atoms with Gasteiger partial charge in [0.2, 0.25) is 0 Å². The highest BCUT2D eigenvalue weighted by Gasteiger charge is 2.11. The minimum Gasteiger partial charge on any atom is -0.508 e. The van der Waals surface area contributed by atoms with Crippen molar-refractivity contribution in [2.24, 2.45) is 0 Å². The van der Waals surface area contributed by atoms with Gasteiger partial charge in [0.05, 0.1) is 0 Å². The minimum absolute atomic E-state index is 0.283. The fraction of sp³-hybridized carbons (Fsp3) is 0.143. The first kappa shape index (κ1) is 11.1. The lowest BCUT2D eigenvalue weighted by Crippen LogP contribution is -2.02. The number of phenolic OH excluding ortho intramolecular Hbond substituents is 1. The van der Waals surface area contributed by atoms with E-state index in [-0.39, 0.29) is 5.92 Å². The Balaban J connectivity index is 2.33. The molecule has 0 aliphatic heterocycles. The molecule has 0 bridgehead atoms. The lowest BCUT2D eigenvalue weighted by atomic mass is 9.93. The monoisotopic (exact) mass is 230 g/mol. The highest BCUT2D eigenvalue weighted by molar-refractivity contribution is 7.80. The molecule has 0 amide bonds. The largest absolute Gasteiger partial charge is 0.508 e. The Labute approximate surface area is 101 Å². The molecule has 1 unspecified atom stereocenters. The fourth-order valence-corrected chi connectivity index (χ4v) is 2.22. The lowest BCUT2D eigenvalue weighted by molar-refractivity contribution is 0.475. The Morgan fingerprint density at radius 3 is 2.00 bits per heavy atom. The van der Waals surface area contributed by atoms with Gasteiger partial charge in [0.25, 0.3) is 0 Å². The van der Waals surface area contributed by atoms with Crippen molar-refractivity contribution >= 4 is 12.6 Å². The van der Waals surface area contributed by atoms with E-state index in [0.29, 0.717) is 5.75 Å². The molecule has 0 aliphatic carbocycles. The Hall–Kier alpha value is -1.41. The first-order chi connectivity index (χ1) is 7.81. The van der Waals surface area contributed by atoms with Crippen molar-refractivity contribution in [3.63, 3.8) is 0 Å². The molecule has 16 heavy (non-hydrogen) atoms. The van der Waals surface area contributed by atoms with E-state index >= 15 is 0 Å². The highest BCUT2D eigenvalue weighted by atomic mass is 32.1. The van der Waals surface area contributed by atoms with E-state index in [2.05, 4.69) is 24.8 Å². The van der Waals surface area contributed by atoms with E-state index in [1.807, 2.05) is 30.3 Å². The predicted octanol–water partition coefficient (Wildman–Crippen LogP) is 3.45. The van der Waals surface area contributed by atoms with Crippen molar-refractivity contribution < 1.29 is 5.11 Å². The summed E-state index contributed by atoms with van der Waals surface area (Å²) in [6, 6.07) is 17.6. The molecule has 0 aromatic heterocycles. The van der Waals surface area contributed by atoms with Crippen LogP contribution in [0.2, 0.25) is 0 Å². The van der Waals surface area contributed by atoms with Crippen LogP contribution in [0.5, 0.6) is 5.75 Å². The summed E-state index contributed by atoms with van der Waals surface area (Å²) in [5, 5.41) is 9.26. The molecule has 2 aromatic carbocycles. The van der Waals surface area contributed by atoms with Crippen molar-refractivity contribution in [2.75, 3.05) is 5.75 Å². The van der Waals surface area contributed by atoms with Crippen LogP contribution in [-0.2, 0) is 0 Å². The standard InChI is InChI=1S/C14H14OS/c15-13-8-6-12(7-9-13)14(10-16)11-4-2-1-3-5-11/h1-9,14-16H,10H2. The molecule has 0 fully saturated rings. The van der Waals surface area contributed by atoms with Gasteiger partial charge in [-0.25, -0.2) is 0 Å². The van der Waals surface area contributed by atoms with Crippen LogP contribution in [0.25, 0.3) is 0 Å². The van der Waals surface area contributed by atoms with E-state index in [0.717, 1.165) is 5.75 Å². The van der Waals surface area contributed by atoms with Gasteiger partial charge in [0.15, 0.2) is 0 Å². The third-order valence-electron chi connectivity index (χ3n) is 2.68. The smallest absolute Gasteiger partial charge is 0.115 e. The summed E-state index contributed by atoms with van der Waals surface area (Å²) in [5.41, 5.74) is 2.43. The SMILES string of the molecule is Oc1ccc(C(CS)c2ccccc2)cc1. The fourth-order valence-electron chi connectivity index (χ4n) is 1.80. The van der Waals surface area contributed by atoms with E-state index in [9.17, 15) is 5.11 Å². The molecule has 0 saturated heterocycles.